The monoisotopic (exact) mass is 294 g/mol. The molecule has 1 heterocycles. The molecule has 2 rings (SSSR count). The Balaban J connectivity index is 2.30. The van der Waals surface area contributed by atoms with Crippen molar-refractivity contribution in [3.8, 4) is 11.5 Å². The van der Waals surface area contributed by atoms with Crippen LogP contribution in [0.15, 0.2) is 18.2 Å². The first-order chi connectivity index (χ1) is 9.70. The van der Waals surface area contributed by atoms with Crippen LogP contribution in [0.1, 0.15) is 45.8 Å². The summed E-state index contributed by atoms with van der Waals surface area (Å²) in [6, 6.07) is 5.55. The Morgan fingerprint density at radius 3 is 2.24 bits per heavy atom. The summed E-state index contributed by atoms with van der Waals surface area (Å²) in [7, 11) is 3.20. The van der Waals surface area contributed by atoms with Crippen molar-refractivity contribution in [3.63, 3.8) is 0 Å². The lowest BCUT2D eigenvalue weighted by Gasteiger charge is -2.30. The Labute approximate surface area is 127 Å². The third-order valence-electron chi connectivity index (χ3n) is 4.27. The van der Waals surface area contributed by atoms with E-state index in [1.807, 2.05) is 32.0 Å². The largest absolute Gasteiger partial charge is 0.493 e. The summed E-state index contributed by atoms with van der Waals surface area (Å²) in [6.45, 7) is 8.21. The van der Waals surface area contributed by atoms with E-state index >= 15 is 0 Å². The molecule has 0 spiro atoms. The minimum absolute atomic E-state index is 0.0330. The standard InChI is InChI=1S/C17H26O4/c1-16(2)10-12(17(3,4)21-16)15(18)11-7-8-13(19-5)14(9-11)20-6/h7-9,12,15,18H,10H2,1-6H3. The number of methoxy groups -OCH3 is 2. The highest BCUT2D eigenvalue weighted by Crippen LogP contribution is 2.48. The summed E-state index contributed by atoms with van der Waals surface area (Å²) in [5, 5.41) is 10.8. The molecule has 1 fully saturated rings. The van der Waals surface area contributed by atoms with Crippen LogP contribution in [0.2, 0.25) is 0 Å². The van der Waals surface area contributed by atoms with Gasteiger partial charge in [-0.15, -0.1) is 0 Å². The fourth-order valence-electron chi connectivity index (χ4n) is 3.37. The van der Waals surface area contributed by atoms with Crippen molar-refractivity contribution in [2.45, 2.75) is 51.4 Å². The van der Waals surface area contributed by atoms with E-state index in [0.717, 1.165) is 12.0 Å². The van der Waals surface area contributed by atoms with E-state index in [1.165, 1.54) is 0 Å². The number of aliphatic hydroxyl groups excluding tert-OH is 1. The molecule has 0 aromatic heterocycles. The smallest absolute Gasteiger partial charge is 0.161 e. The molecular formula is C17H26O4. The Kier molecular flexibility index (Phi) is 4.22. The van der Waals surface area contributed by atoms with Crippen LogP contribution in [-0.2, 0) is 4.74 Å². The molecule has 0 amide bonds. The fourth-order valence-corrected chi connectivity index (χ4v) is 3.37. The molecule has 2 atom stereocenters. The van der Waals surface area contributed by atoms with Crippen LogP contribution in [-0.4, -0.2) is 30.5 Å². The van der Waals surface area contributed by atoms with Gasteiger partial charge in [-0.2, -0.15) is 0 Å². The molecule has 0 radical (unpaired) electrons. The van der Waals surface area contributed by atoms with Crippen molar-refractivity contribution in [1.82, 2.24) is 0 Å². The Morgan fingerprint density at radius 2 is 1.76 bits per heavy atom. The molecule has 0 saturated carbocycles. The first kappa shape index (κ1) is 16.1. The Morgan fingerprint density at radius 1 is 1.14 bits per heavy atom. The number of hydrogen-bond donors (Lipinski definition) is 1. The van der Waals surface area contributed by atoms with Gasteiger partial charge in [0.05, 0.1) is 31.5 Å². The molecule has 1 aromatic carbocycles. The van der Waals surface area contributed by atoms with Crippen molar-refractivity contribution >= 4 is 0 Å². The molecule has 1 aromatic rings. The number of ether oxygens (including phenoxy) is 3. The summed E-state index contributed by atoms with van der Waals surface area (Å²) in [6.07, 6.45) is 0.219. The van der Waals surface area contributed by atoms with Gasteiger partial charge in [0.1, 0.15) is 0 Å². The van der Waals surface area contributed by atoms with Crippen LogP contribution in [0.25, 0.3) is 0 Å². The predicted molar refractivity (Wildman–Crippen MR) is 81.9 cm³/mol. The maximum atomic E-state index is 10.8. The summed E-state index contributed by atoms with van der Waals surface area (Å²) < 4.78 is 16.6. The molecule has 2 unspecified atom stereocenters. The second kappa shape index (κ2) is 5.50. The quantitative estimate of drug-likeness (QED) is 0.925. The molecule has 21 heavy (non-hydrogen) atoms. The second-order valence-electron chi connectivity index (χ2n) is 6.84. The first-order valence-corrected chi connectivity index (χ1v) is 7.30. The lowest BCUT2D eigenvalue weighted by atomic mass is 9.80. The number of benzene rings is 1. The SMILES string of the molecule is COc1ccc(C(O)C2CC(C)(C)OC2(C)C)cc1OC. The number of aliphatic hydroxyl groups is 1. The molecule has 1 N–H and O–H groups in total. The summed E-state index contributed by atoms with van der Waals surface area (Å²) >= 11 is 0. The van der Waals surface area contributed by atoms with Crippen LogP contribution in [0.3, 0.4) is 0 Å². The Hall–Kier alpha value is -1.26. The van der Waals surface area contributed by atoms with Gasteiger partial charge >= 0.3 is 0 Å². The molecule has 4 heteroatoms. The number of rotatable bonds is 4. The molecule has 118 valence electrons. The van der Waals surface area contributed by atoms with E-state index in [9.17, 15) is 5.11 Å². The summed E-state index contributed by atoms with van der Waals surface area (Å²) in [5.41, 5.74) is 0.244. The van der Waals surface area contributed by atoms with E-state index in [2.05, 4.69) is 13.8 Å². The molecule has 1 aliphatic rings. The highest BCUT2D eigenvalue weighted by Gasteiger charge is 2.49. The minimum Gasteiger partial charge on any atom is -0.493 e. The molecule has 0 aliphatic carbocycles. The van der Waals surface area contributed by atoms with Gasteiger partial charge in [0.15, 0.2) is 11.5 Å². The normalized spacial score (nSPS) is 24.6. The van der Waals surface area contributed by atoms with Gasteiger partial charge in [0.2, 0.25) is 0 Å². The van der Waals surface area contributed by atoms with Crippen LogP contribution in [0.4, 0.5) is 0 Å². The van der Waals surface area contributed by atoms with Gasteiger partial charge in [-0.3, -0.25) is 0 Å². The summed E-state index contributed by atoms with van der Waals surface area (Å²) in [5.74, 6) is 1.33. The lowest BCUT2D eigenvalue weighted by molar-refractivity contribution is -0.0880. The zero-order chi connectivity index (χ0) is 15.8. The second-order valence-corrected chi connectivity index (χ2v) is 6.84. The maximum Gasteiger partial charge on any atom is 0.161 e. The van der Waals surface area contributed by atoms with E-state index < -0.39 is 6.10 Å². The van der Waals surface area contributed by atoms with E-state index in [0.29, 0.717) is 11.5 Å². The van der Waals surface area contributed by atoms with Gasteiger partial charge in [-0.1, -0.05) is 6.07 Å². The van der Waals surface area contributed by atoms with Crippen molar-refractivity contribution in [3.05, 3.63) is 23.8 Å². The van der Waals surface area contributed by atoms with Gasteiger partial charge in [-0.25, -0.2) is 0 Å². The maximum absolute atomic E-state index is 10.8. The molecular weight excluding hydrogens is 268 g/mol. The van der Waals surface area contributed by atoms with Crippen molar-refractivity contribution < 1.29 is 19.3 Å². The van der Waals surface area contributed by atoms with E-state index in [-0.39, 0.29) is 17.1 Å². The van der Waals surface area contributed by atoms with Crippen LogP contribution >= 0.6 is 0 Å². The van der Waals surface area contributed by atoms with Crippen molar-refractivity contribution in [1.29, 1.82) is 0 Å². The third-order valence-corrected chi connectivity index (χ3v) is 4.27. The van der Waals surface area contributed by atoms with E-state index in [1.54, 1.807) is 14.2 Å². The highest BCUT2D eigenvalue weighted by atomic mass is 16.5. The number of hydrogen-bond acceptors (Lipinski definition) is 4. The average molecular weight is 294 g/mol. The zero-order valence-corrected chi connectivity index (χ0v) is 13.8. The Bertz CT molecular complexity index is 508. The summed E-state index contributed by atoms with van der Waals surface area (Å²) in [4.78, 5) is 0. The van der Waals surface area contributed by atoms with Crippen molar-refractivity contribution in [2.75, 3.05) is 14.2 Å². The lowest BCUT2D eigenvalue weighted by Crippen LogP contribution is -2.32. The van der Waals surface area contributed by atoms with Gasteiger partial charge in [0, 0.05) is 5.92 Å². The molecule has 0 bridgehead atoms. The van der Waals surface area contributed by atoms with E-state index in [4.69, 9.17) is 14.2 Å². The third kappa shape index (κ3) is 3.16. The minimum atomic E-state index is -0.596. The van der Waals surface area contributed by atoms with Crippen LogP contribution in [0, 0.1) is 5.92 Å². The van der Waals surface area contributed by atoms with Gasteiger partial charge in [-0.05, 0) is 51.8 Å². The molecule has 4 nitrogen and oxygen atoms in total. The predicted octanol–water partition coefficient (Wildman–Crippen LogP) is 3.33. The molecule has 1 saturated heterocycles. The zero-order valence-electron chi connectivity index (χ0n) is 13.8. The van der Waals surface area contributed by atoms with Gasteiger partial charge < -0.3 is 19.3 Å². The fraction of sp³-hybridized carbons (Fsp3) is 0.647. The topological polar surface area (TPSA) is 47.9 Å². The first-order valence-electron chi connectivity index (χ1n) is 7.30. The van der Waals surface area contributed by atoms with Gasteiger partial charge in [0.25, 0.3) is 0 Å². The highest BCUT2D eigenvalue weighted by molar-refractivity contribution is 5.43. The van der Waals surface area contributed by atoms with Crippen LogP contribution < -0.4 is 9.47 Å². The average Bonchev–Trinajstić information content (AvgIpc) is 2.64. The molecule has 1 aliphatic heterocycles. The van der Waals surface area contributed by atoms with Crippen LogP contribution in [0.5, 0.6) is 11.5 Å². The van der Waals surface area contributed by atoms with Crippen molar-refractivity contribution in [2.24, 2.45) is 5.92 Å².